The van der Waals surface area contributed by atoms with Crippen LogP contribution in [0.4, 0.5) is 11.6 Å². The Labute approximate surface area is 141 Å². The standard InChI is InChI=1S/C14H15N5O6/c1-8-6-18(14(15)17-8)16-5-9-3-10(19(22)23)4-11(24-2)13(9)25-7-12(20)21/h3-6H,7H2,1-2H3,(H2,15,17)(H,20,21). The van der Waals surface area contributed by atoms with E-state index in [2.05, 4.69) is 10.1 Å². The Hall–Kier alpha value is -3.63. The first-order valence-electron chi connectivity index (χ1n) is 6.88. The zero-order valence-corrected chi connectivity index (χ0v) is 13.4. The number of nitrogens with zero attached hydrogens (tertiary/aromatic N) is 4. The van der Waals surface area contributed by atoms with Crippen molar-refractivity contribution in [1.29, 1.82) is 0 Å². The van der Waals surface area contributed by atoms with Crippen molar-refractivity contribution in [3.05, 3.63) is 39.7 Å². The van der Waals surface area contributed by atoms with Gasteiger partial charge in [-0.1, -0.05) is 0 Å². The van der Waals surface area contributed by atoms with Gasteiger partial charge in [0.2, 0.25) is 5.95 Å². The molecule has 0 unspecified atom stereocenters. The minimum Gasteiger partial charge on any atom is -0.493 e. The Morgan fingerprint density at radius 2 is 2.28 bits per heavy atom. The fraction of sp³-hybridized carbons (Fsp3) is 0.214. The molecule has 0 aliphatic carbocycles. The number of hydrogen-bond donors (Lipinski definition) is 2. The third-order valence-corrected chi connectivity index (χ3v) is 3.00. The molecule has 25 heavy (non-hydrogen) atoms. The molecule has 3 N–H and O–H groups in total. The number of nitro groups is 1. The van der Waals surface area contributed by atoms with E-state index >= 15 is 0 Å². The first-order valence-corrected chi connectivity index (χ1v) is 6.88. The zero-order valence-electron chi connectivity index (χ0n) is 13.4. The average molecular weight is 349 g/mol. The number of ether oxygens (including phenoxy) is 2. The van der Waals surface area contributed by atoms with E-state index in [0.717, 1.165) is 6.07 Å². The number of methoxy groups -OCH3 is 1. The Balaban J connectivity index is 2.51. The topological polar surface area (TPSA) is 155 Å². The summed E-state index contributed by atoms with van der Waals surface area (Å²) in [6.45, 7) is 1.07. The number of aromatic nitrogens is 2. The van der Waals surface area contributed by atoms with Crippen molar-refractivity contribution in [2.24, 2.45) is 5.10 Å². The molecule has 2 aromatic rings. The lowest BCUT2D eigenvalue weighted by Gasteiger charge is -2.11. The van der Waals surface area contributed by atoms with E-state index in [-0.39, 0.29) is 28.7 Å². The Morgan fingerprint density at radius 1 is 1.56 bits per heavy atom. The predicted molar refractivity (Wildman–Crippen MR) is 87.1 cm³/mol. The highest BCUT2D eigenvalue weighted by Crippen LogP contribution is 2.35. The van der Waals surface area contributed by atoms with Gasteiger partial charge in [-0.05, 0) is 6.92 Å². The molecule has 0 aliphatic heterocycles. The molecule has 0 aliphatic rings. The number of hydrogen-bond acceptors (Lipinski definition) is 8. The SMILES string of the molecule is COc1cc([N+](=O)[O-])cc(C=Nn2cc(C)nc2N)c1OCC(=O)O. The number of carbonyl (C=O) groups is 1. The molecule has 0 saturated carbocycles. The van der Waals surface area contributed by atoms with Crippen LogP contribution in [0.5, 0.6) is 11.5 Å². The van der Waals surface area contributed by atoms with Gasteiger partial charge in [0.1, 0.15) is 0 Å². The molecule has 0 radical (unpaired) electrons. The van der Waals surface area contributed by atoms with Crippen LogP contribution in [-0.2, 0) is 4.79 Å². The molecular weight excluding hydrogens is 334 g/mol. The van der Waals surface area contributed by atoms with Crippen molar-refractivity contribution in [3.63, 3.8) is 0 Å². The highest BCUT2D eigenvalue weighted by Gasteiger charge is 2.19. The van der Waals surface area contributed by atoms with Crippen molar-refractivity contribution in [3.8, 4) is 11.5 Å². The van der Waals surface area contributed by atoms with E-state index < -0.39 is 17.5 Å². The number of carboxylic acids is 1. The van der Waals surface area contributed by atoms with Gasteiger partial charge in [-0.3, -0.25) is 10.1 Å². The third-order valence-electron chi connectivity index (χ3n) is 3.00. The highest BCUT2D eigenvalue weighted by atomic mass is 16.6. The maximum absolute atomic E-state index is 11.1. The fourth-order valence-corrected chi connectivity index (χ4v) is 1.97. The summed E-state index contributed by atoms with van der Waals surface area (Å²) in [5, 5.41) is 23.9. The van der Waals surface area contributed by atoms with Gasteiger partial charge < -0.3 is 20.3 Å². The van der Waals surface area contributed by atoms with Gasteiger partial charge in [-0.2, -0.15) is 5.10 Å². The van der Waals surface area contributed by atoms with Gasteiger partial charge in [0.05, 0.1) is 36.2 Å². The van der Waals surface area contributed by atoms with Crippen molar-refractivity contribution >= 4 is 23.8 Å². The van der Waals surface area contributed by atoms with Crippen LogP contribution in [0.15, 0.2) is 23.4 Å². The Morgan fingerprint density at radius 3 is 2.80 bits per heavy atom. The molecule has 1 aromatic carbocycles. The molecule has 11 heteroatoms. The number of non-ortho nitro benzene ring substituents is 1. The smallest absolute Gasteiger partial charge is 0.341 e. The minimum absolute atomic E-state index is 0.00619. The van der Waals surface area contributed by atoms with Gasteiger partial charge in [-0.15, -0.1) is 0 Å². The maximum Gasteiger partial charge on any atom is 0.341 e. The lowest BCUT2D eigenvalue weighted by atomic mass is 10.1. The zero-order chi connectivity index (χ0) is 18.6. The van der Waals surface area contributed by atoms with Crippen molar-refractivity contribution in [2.75, 3.05) is 19.5 Å². The fourth-order valence-electron chi connectivity index (χ4n) is 1.97. The predicted octanol–water partition coefficient (Wildman–Crippen LogP) is 1.04. The lowest BCUT2D eigenvalue weighted by Crippen LogP contribution is -2.11. The number of nitrogens with two attached hydrogens (primary N) is 1. The van der Waals surface area contributed by atoms with Crippen LogP contribution in [0.3, 0.4) is 0 Å². The molecule has 0 atom stereocenters. The number of aliphatic carboxylic acids is 1. The van der Waals surface area contributed by atoms with E-state index in [0.29, 0.717) is 5.69 Å². The van der Waals surface area contributed by atoms with Gasteiger partial charge in [0.25, 0.3) is 5.69 Å². The van der Waals surface area contributed by atoms with Crippen LogP contribution in [-0.4, -0.2) is 45.6 Å². The van der Waals surface area contributed by atoms with Gasteiger partial charge >= 0.3 is 5.97 Å². The van der Waals surface area contributed by atoms with Crippen molar-refractivity contribution < 1.29 is 24.3 Å². The molecule has 1 aromatic heterocycles. The number of nitrogen functional groups attached to an aromatic ring is 1. The van der Waals surface area contributed by atoms with Crippen LogP contribution in [0, 0.1) is 17.0 Å². The molecule has 132 valence electrons. The number of nitro benzene ring substituents is 1. The van der Waals surface area contributed by atoms with Crippen LogP contribution in [0.1, 0.15) is 11.3 Å². The number of imidazole rings is 1. The molecule has 1 heterocycles. The molecular formula is C14H15N5O6. The normalized spacial score (nSPS) is 10.8. The minimum atomic E-state index is -1.21. The summed E-state index contributed by atoms with van der Waals surface area (Å²) in [4.78, 5) is 25.2. The maximum atomic E-state index is 11.1. The van der Waals surface area contributed by atoms with E-state index in [4.69, 9.17) is 20.3 Å². The number of benzene rings is 1. The highest BCUT2D eigenvalue weighted by molar-refractivity contribution is 5.87. The van der Waals surface area contributed by atoms with Crippen LogP contribution < -0.4 is 15.2 Å². The second-order valence-corrected chi connectivity index (χ2v) is 4.84. The summed E-state index contributed by atoms with van der Waals surface area (Å²) in [6, 6.07) is 2.31. The Kier molecular flexibility index (Phi) is 5.17. The van der Waals surface area contributed by atoms with E-state index in [1.165, 1.54) is 24.1 Å². The summed E-state index contributed by atoms with van der Waals surface area (Å²) in [5.74, 6) is -1.07. The second-order valence-electron chi connectivity index (χ2n) is 4.84. The van der Waals surface area contributed by atoms with E-state index in [9.17, 15) is 14.9 Å². The van der Waals surface area contributed by atoms with Crippen LogP contribution in [0.25, 0.3) is 0 Å². The van der Waals surface area contributed by atoms with Crippen LogP contribution >= 0.6 is 0 Å². The monoisotopic (exact) mass is 349 g/mol. The molecule has 0 fully saturated rings. The third kappa shape index (κ3) is 4.22. The lowest BCUT2D eigenvalue weighted by molar-refractivity contribution is -0.385. The van der Waals surface area contributed by atoms with Crippen molar-refractivity contribution in [2.45, 2.75) is 6.92 Å². The van der Waals surface area contributed by atoms with E-state index in [1.54, 1.807) is 13.1 Å². The number of carboxylic acid groups (broad SMARTS) is 1. The van der Waals surface area contributed by atoms with Crippen LogP contribution in [0.2, 0.25) is 0 Å². The van der Waals surface area contributed by atoms with Gasteiger partial charge in [0.15, 0.2) is 18.1 Å². The summed E-state index contributed by atoms with van der Waals surface area (Å²) in [6.07, 6.45) is 2.79. The van der Waals surface area contributed by atoms with E-state index in [1.807, 2.05) is 0 Å². The molecule has 0 amide bonds. The summed E-state index contributed by atoms with van der Waals surface area (Å²) in [5.41, 5.74) is 6.19. The molecule has 0 spiro atoms. The largest absolute Gasteiger partial charge is 0.493 e. The van der Waals surface area contributed by atoms with Gasteiger partial charge in [0, 0.05) is 11.6 Å². The average Bonchev–Trinajstić information content (AvgIpc) is 2.87. The quantitative estimate of drug-likeness (QED) is 0.426. The summed E-state index contributed by atoms with van der Waals surface area (Å²) >= 11 is 0. The van der Waals surface area contributed by atoms with Crippen molar-refractivity contribution in [1.82, 2.24) is 9.66 Å². The summed E-state index contributed by atoms with van der Waals surface area (Å²) < 4.78 is 11.5. The summed E-state index contributed by atoms with van der Waals surface area (Å²) in [7, 11) is 1.28. The molecule has 11 nitrogen and oxygen atoms in total. The first kappa shape index (κ1) is 17.7. The second kappa shape index (κ2) is 7.29. The number of rotatable bonds is 7. The molecule has 0 bridgehead atoms. The number of anilines is 1. The molecule has 0 saturated heterocycles. The van der Waals surface area contributed by atoms with Gasteiger partial charge in [-0.25, -0.2) is 14.5 Å². The first-order chi connectivity index (χ1) is 11.8. The molecule has 2 rings (SSSR count). The number of aryl methyl sites for hydroxylation is 1. The Bertz CT molecular complexity index is 844.